The average Bonchev–Trinajstić information content (AvgIpc) is 2.84. The fourth-order valence-electron chi connectivity index (χ4n) is 4.58. The maximum Gasteiger partial charge on any atom is 0.244 e. The summed E-state index contributed by atoms with van der Waals surface area (Å²) in [6, 6.07) is 13.4. The van der Waals surface area contributed by atoms with E-state index in [0.29, 0.717) is 17.1 Å². The molecule has 7 nitrogen and oxygen atoms in total. The van der Waals surface area contributed by atoms with Gasteiger partial charge in [0.15, 0.2) is 0 Å². The van der Waals surface area contributed by atoms with E-state index in [1.807, 2.05) is 26.0 Å². The molecule has 2 aromatic carbocycles. The molecule has 1 aliphatic rings. The van der Waals surface area contributed by atoms with E-state index in [9.17, 15) is 18.0 Å². The van der Waals surface area contributed by atoms with Gasteiger partial charge in [0.05, 0.1) is 11.9 Å². The van der Waals surface area contributed by atoms with E-state index in [2.05, 4.69) is 5.32 Å². The van der Waals surface area contributed by atoms with Crippen LogP contribution < -0.4 is 9.62 Å². The SMILES string of the molecule is CCC(C(=O)NC1CCCCC1)N(Cc1ccc(Cl)cc1)C(=O)CN(c1ccc(C)cc1)S(C)(=O)=O. The predicted molar refractivity (Wildman–Crippen MR) is 144 cm³/mol. The highest BCUT2D eigenvalue weighted by Crippen LogP contribution is 2.22. The number of aryl methyl sites for hydroxylation is 1. The molecule has 1 saturated carbocycles. The van der Waals surface area contributed by atoms with Gasteiger partial charge >= 0.3 is 0 Å². The molecule has 0 aliphatic heterocycles. The molecule has 3 rings (SSSR count). The topological polar surface area (TPSA) is 86.8 Å². The number of hydrogen-bond donors (Lipinski definition) is 1. The van der Waals surface area contributed by atoms with Gasteiger partial charge in [-0.3, -0.25) is 13.9 Å². The third-order valence-corrected chi connectivity index (χ3v) is 8.00. The number of carbonyl (C=O) groups is 2. The number of nitrogens with zero attached hydrogens (tertiary/aromatic N) is 2. The molecule has 9 heteroatoms. The molecular formula is C27H36ClN3O4S. The highest BCUT2D eigenvalue weighted by Gasteiger charge is 2.32. The lowest BCUT2D eigenvalue weighted by Gasteiger charge is -2.34. The van der Waals surface area contributed by atoms with Crippen molar-refractivity contribution < 1.29 is 18.0 Å². The van der Waals surface area contributed by atoms with E-state index in [-0.39, 0.29) is 18.5 Å². The fourth-order valence-corrected chi connectivity index (χ4v) is 5.55. The summed E-state index contributed by atoms with van der Waals surface area (Å²) in [5.41, 5.74) is 2.19. The predicted octanol–water partition coefficient (Wildman–Crippen LogP) is 4.67. The molecule has 1 N–H and O–H groups in total. The number of amides is 2. The molecular weight excluding hydrogens is 498 g/mol. The van der Waals surface area contributed by atoms with Crippen LogP contribution >= 0.6 is 11.6 Å². The summed E-state index contributed by atoms with van der Waals surface area (Å²) in [5.74, 6) is -0.644. The second kappa shape index (κ2) is 12.6. The Morgan fingerprint density at radius 1 is 1.03 bits per heavy atom. The molecule has 196 valence electrons. The van der Waals surface area contributed by atoms with Crippen LogP contribution in [0.5, 0.6) is 0 Å². The Bertz CT molecular complexity index is 1130. The minimum atomic E-state index is -3.75. The number of carbonyl (C=O) groups excluding carboxylic acids is 2. The van der Waals surface area contributed by atoms with E-state index >= 15 is 0 Å². The molecule has 2 amide bonds. The van der Waals surface area contributed by atoms with E-state index in [1.54, 1.807) is 36.4 Å². The van der Waals surface area contributed by atoms with Crippen LogP contribution in [0, 0.1) is 6.92 Å². The minimum absolute atomic E-state index is 0.105. The van der Waals surface area contributed by atoms with E-state index in [1.165, 1.54) is 11.3 Å². The number of anilines is 1. The van der Waals surface area contributed by atoms with Crippen LogP contribution in [0.25, 0.3) is 0 Å². The van der Waals surface area contributed by atoms with Crippen LogP contribution in [0.3, 0.4) is 0 Å². The van der Waals surface area contributed by atoms with Gasteiger partial charge in [0.1, 0.15) is 12.6 Å². The summed E-state index contributed by atoms with van der Waals surface area (Å²) in [5, 5.41) is 3.71. The molecule has 0 radical (unpaired) electrons. The Balaban J connectivity index is 1.89. The summed E-state index contributed by atoms with van der Waals surface area (Å²) in [4.78, 5) is 28.6. The number of halogens is 1. The second-order valence-corrected chi connectivity index (χ2v) is 11.9. The summed E-state index contributed by atoms with van der Waals surface area (Å²) in [6.45, 7) is 3.53. The van der Waals surface area contributed by atoms with Gasteiger partial charge in [0.25, 0.3) is 0 Å². The van der Waals surface area contributed by atoms with Gasteiger partial charge in [-0.15, -0.1) is 0 Å². The molecule has 0 saturated heterocycles. The van der Waals surface area contributed by atoms with Crippen molar-refractivity contribution in [3.8, 4) is 0 Å². The zero-order chi connectivity index (χ0) is 26.3. The van der Waals surface area contributed by atoms with Gasteiger partial charge in [-0.1, -0.05) is 67.6 Å². The van der Waals surface area contributed by atoms with Crippen molar-refractivity contribution in [1.82, 2.24) is 10.2 Å². The van der Waals surface area contributed by atoms with Crippen molar-refractivity contribution in [1.29, 1.82) is 0 Å². The largest absolute Gasteiger partial charge is 0.352 e. The zero-order valence-electron chi connectivity index (χ0n) is 21.2. The first-order valence-electron chi connectivity index (χ1n) is 12.5. The highest BCUT2D eigenvalue weighted by molar-refractivity contribution is 7.92. The van der Waals surface area contributed by atoms with Crippen molar-refractivity contribution in [2.75, 3.05) is 17.1 Å². The van der Waals surface area contributed by atoms with Gasteiger partial charge in [-0.25, -0.2) is 8.42 Å². The highest BCUT2D eigenvalue weighted by atomic mass is 35.5. The standard InChI is InChI=1S/C27H36ClN3O4S/c1-4-25(27(33)29-23-8-6-5-7-9-23)30(18-21-12-14-22(28)15-13-21)26(32)19-31(36(3,34)35)24-16-10-20(2)11-17-24/h10-17,23,25H,4-9,18-19H2,1-3H3,(H,29,33). The number of rotatable bonds is 10. The molecule has 0 bridgehead atoms. The Morgan fingerprint density at radius 3 is 2.19 bits per heavy atom. The van der Waals surface area contributed by atoms with Gasteiger partial charge in [-0.05, 0) is 56.0 Å². The minimum Gasteiger partial charge on any atom is -0.352 e. The Hall–Kier alpha value is -2.58. The quantitative estimate of drug-likeness (QED) is 0.481. The maximum absolute atomic E-state index is 13.7. The summed E-state index contributed by atoms with van der Waals surface area (Å²) < 4.78 is 26.4. The van der Waals surface area contributed by atoms with Crippen LogP contribution in [0.1, 0.15) is 56.6 Å². The second-order valence-electron chi connectivity index (χ2n) is 9.52. The van der Waals surface area contributed by atoms with Crippen LogP contribution in [0.15, 0.2) is 48.5 Å². The molecule has 1 atom stereocenters. The van der Waals surface area contributed by atoms with E-state index in [4.69, 9.17) is 11.6 Å². The monoisotopic (exact) mass is 533 g/mol. The van der Waals surface area contributed by atoms with E-state index in [0.717, 1.165) is 47.4 Å². The van der Waals surface area contributed by atoms with Gasteiger partial charge in [0.2, 0.25) is 21.8 Å². The van der Waals surface area contributed by atoms with Crippen molar-refractivity contribution in [2.24, 2.45) is 0 Å². The third-order valence-electron chi connectivity index (χ3n) is 6.60. The summed E-state index contributed by atoms with van der Waals surface area (Å²) in [7, 11) is -3.75. The molecule has 1 aliphatic carbocycles. The van der Waals surface area contributed by atoms with Crippen LogP contribution in [-0.4, -0.2) is 50.0 Å². The van der Waals surface area contributed by atoms with Crippen LogP contribution in [0.2, 0.25) is 5.02 Å². The van der Waals surface area contributed by atoms with Crippen molar-refractivity contribution in [2.45, 2.75) is 71.0 Å². The fraction of sp³-hybridized carbons (Fsp3) is 0.481. The third kappa shape index (κ3) is 7.71. The average molecular weight is 534 g/mol. The lowest BCUT2D eigenvalue weighted by molar-refractivity contribution is -0.140. The van der Waals surface area contributed by atoms with Gasteiger partial charge < -0.3 is 10.2 Å². The lowest BCUT2D eigenvalue weighted by Crippen LogP contribution is -2.53. The number of nitrogens with one attached hydrogen (secondary N) is 1. The first-order valence-corrected chi connectivity index (χ1v) is 14.7. The summed E-state index contributed by atoms with van der Waals surface area (Å²) >= 11 is 6.04. The zero-order valence-corrected chi connectivity index (χ0v) is 22.8. The molecule has 2 aromatic rings. The molecule has 0 heterocycles. The Kier molecular flexibility index (Phi) is 9.79. The Morgan fingerprint density at radius 2 is 1.64 bits per heavy atom. The lowest BCUT2D eigenvalue weighted by atomic mass is 9.95. The maximum atomic E-state index is 13.7. The number of sulfonamides is 1. The number of hydrogen-bond acceptors (Lipinski definition) is 4. The first kappa shape index (κ1) is 28.0. The molecule has 1 unspecified atom stereocenters. The molecule has 1 fully saturated rings. The first-order chi connectivity index (χ1) is 17.1. The molecule has 0 spiro atoms. The summed E-state index contributed by atoms with van der Waals surface area (Å²) in [6.07, 6.45) is 6.68. The molecule has 36 heavy (non-hydrogen) atoms. The number of benzene rings is 2. The van der Waals surface area contributed by atoms with Gasteiger partial charge in [0, 0.05) is 17.6 Å². The molecule has 0 aromatic heterocycles. The van der Waals surface area contributed by atoms with Crippen LogP contribution in [-0.2, 0) is 26.2 Å². The normalized spacial score (nSPS) is 15.2. The van der Waals surface area contributed by atoms with Crippen molar-refractivity contribution >= 4 is 39.1 Å². The Labute approximate surface area is 219 Å². The van der Waals surface area contributed by atoms with Crippen molar-refractivity contribution in [3.05, 3.63) is 64.7 Å². The van der Waals surface area contributed by atoms with Crippen molar-refractivity contribution in [3.63, 3.8) is 0 Å². The van der Waals surface area contributed by atoms with Gasteiger partial charge in [-0.2, -0.15) is 0 Å². The smallest absolute Gasteiger partial charge is 0.244 e. The van der Waals surface area contributed by atoms with E-state index < -0.39 is 28.5 Å². The van der Waals surface area contributed by atoms with Crippen LogP contribution in [0.4, 0.5) is 5.69 Å².